The van der Waals surface area contributed by atoms with Gasteiger partial charge in [0.05, 0.1) is 17.0 Å². The van der Waals surface area contributed by atoms with E-state index in [1.54, 1.807) is 16.9 Å². The van der Waals surface area contributed by atoms with Gasteiger partial charge in [0.15, 0.2) is 0 Å². The molecule has 29 heavy (non-hydrogen) atoms. The molecule has 0 saturated heterocycles. The molecule has 0 fully saturated rings. The van der Waals surface area contributed by atoms with Gasteiger partial charge in [-0.15, -0.1) is 0 Å². The Balaban J connectivity index is 2.09. The summed E-state index contributed by atoms with van der Waals surface area (Å²) in [5.41, 5.74) is 3.19. The van der Waals surface area contributed by atoms with E-state index in [0.29, 0.717) is 23.6 Å². The molecular formula is C22H24ClNO4S. The molecule has 1 heterocycles. The highest BCUT2D eigenvalue weighted by Crippen LogP contribution is 2.31. The Morgan fingerprint density at radius 2 is 1.86 bits per heavy atom. The zero-order chi connectivity index (χ0) is 21.0. The Labute approximate surface area is 176 Å². The Bertz CT molecular complexity index is 1120. The molecular weight excluding hydrogens is 410 g/mol. The largest absolute Gasteiger partial charge is 0.336 e. The molecule has 0 saturated carbocycles. The van der Waals surface area contributed by atoms with Crippen LogP contribution in [0.1, 0.15) is 31.7 Å². The Morgan fingerprint density at radius 1 is 1.14 bits per heavy atom. The number of hydrogen-bond donors (Lipinski definition) is 0. The van der Waals surface area contributed by atoms with Gasteiger partial charge < -0.3 is 4.84 Å². The third-order valence-corrected chi connectivity index (χ3v) is 5.90. The van der Waals surface area contributed by atoms with Crippen LogP contribution in [-0.2, 0) is 21.1 Å². The monoisotopic (exact) mass is 433 g/mol. The minimum Gasteiger partial charge on any atom is -0.336 e. The maximum Gasteiger partial charge on any atom is 0.332 e. The summed E-state index contributed by atoms with van der Waals surface area (Å²) in [5.74, 6) is -0.245. The van der Waals surface area contributed by atoms with E-state index in [0.717, 1.165) is 34.9 Å². The molecule has 0 aliphatic rings. The molecule has 1 aromatic heterocycles. The van der Waals surface area contributed by atoms with Crippen LogP contribution in [0.25, 0.3) is 22.2 Å². The number of unbranched alkanes of at least 4 members (excludes halogenated alkanes) is 1. The first-order valence-electron chi connectivity index (χ1n) is 9.56. The fourth-order valence-corrected chi connectivity index (χ4v) is 3.89. The Hall–Kier alpha value is -2.31. The lowest BCUT2D eigenvalue weighted by atomic mass is 10.1. The van der Waals surface area contributed by atoms with Crippen molar-refractivity contribution in [2.75, 3.05) is 12.0 Å². The van der Waals surface area contributed by atoms with Crippen LogP contribution in [0.4, 0.5) is 0 Å². The highest BCUT2D eigenvalue weighted by atomic mass is 35.5. The van der Waals surface area contributed by atoms with E-state index in [2.05, 4.69) is 0 Å². The second-order valence-electron chi connectivity index (χ2n) is 7.13. The van der Waals surface area contributed by atoms with Crippen LogP contribution in [0.3, 0.4) is 0 Å². The van der Waals surface area contributed by atoms with Crippen molar-refractivity contribution in [1.82, 2.24) is 4.73 Å². The van der Waals surface area contributed by atoms with Crippen molar-refractivity contribution < 1.29 is 18.0 Å². The molecule has 7 heteroatoms. The molecule has 3 aromatic rings. The normalized spacial score (nSPS) is 11.7. The van der Waals surface area contributed by atoms with Gasteiger partial charge >= 0.3 is 5.97 Å². The van der Waals surface area contributed by atoms with Gasteiger partial charge in [0.2, 0.25) is 0 Å². The molecule has 154 valence electrons. The van der Waals surface area contributed by atoms with Crippen molar-refractivity contribution in [2.24, 2.45) is 0 Å². The third kappa shape index (κ3) is 5.40. The molecule has 0 radical (unpaired) electrons. The van der Waals surface area contributed by atoms with Crippen molar-refractivity contribution >= 4 is 38.3 Å². The van der Waals surface area contributed by atoms with Crippen LogP contribution in [0.15, 0.2) is 48.5 Å². The maximum atomic E-state index is 12.3. The maximum absolute atomic E-state index is 12.3. The number of carbonyl (C=O) groups is 1. The van der Waals surface area contributed by atoms with Gasteiger partial charge in [-0.2, -0.15) is 4.73 Å². The van der Waals surface area contributed by atoms with Gasteiger partial charge in [-0.1, -0.05) is 49.2 Å². The fourth-order valence-electron chi connectivity index (χ4n) is 3.17. The topological polar surface area (TPSA) is 65.4 Å². The molecule has 0 bridgehead atoms. The smallest absolute Gasteiger partial charge is 0.332 e. The predicted octanol–water partition coefficient (Wildman–Crippen LogP) is 4.69. The van der Waals surface area contributed by atoms with Crippen molar-refractivity contribution in [1.29, 1.82) is 0 Å². The van der Waals surface area contributed by atoms with E-state index >= 15 is 0 Å². The summed E-state index contributed by atoms with van der Waals surface area (Å²) in [6, 6.07) is 14.8. The van der Waals surface area contributed by atoms with Gasteiger partial charge in [-0.3, -0.25) is 0 Å². The average Bonchev–Trinajstić information content (AvgIpc) is 3.03. The first-order chi connectivity index (χ1) is 13.8. The number of fused-ring (bicyclic) bond motifs is 1. The molecule has 0 atom stereocenters. The van der Waals surface area contributed by atoms with Crippen molar-refractivity contribution in [3.63, 3.8) is 0 Å². The average molecular weight is 434 g/mol. The number of carbonyl (C=O) groups excluding carboxylic acids is 1. The van der Waals surface area contributed by atoms with E-state index < -0.39 is 9.84 Å². The van der Waals surface area contributed by atoms with Crippen LogP contribution in [-0.4, -0.2) is 31.1 Å². The second kappa shape index (κ2) is 9.01. The number of hydrogen-bond acceptors (Lipinski definition) is 4. The lowest BCUT2D eigenvalue weighted by molar-refractivity contribution is -0.143. The van der Waals surface area contributed by atoms with E-state index in [1.165, 1.54) is 6.26 Å². The van der Waals surface area contributed by atoms with E-state index in [-0.39, 0.29) is 11.7 Å². The summed E-state index contributed by atoms with van der Waals surface area (Å²) in [6.07, 6.45) is 3.62. The lowest BCUT2D eigenvalue weighted by Gasteiger charge is -2.11. The summed E-state index contributed by atoms with van der Waals surface area (Å²) in [5, 5.41) is 1.48. The van der Waals surface area contributed by atoms with Crippen LogP contribution in [0, 0.1) is 0 Å². The number of sulfone groups is 1. The lowest BCUT2D eigenvalue weighted by Crippen LogP contribution is -2.20. The number of aromatic nitrogens is 1. The van der Waals surface area contributed by atoms with Crippen LogP contribution in [0.2, 0.25) is 5.02 Å². The predicted molar refractivity (Wildman–Crippen MR) is 117 cm³/mol. The minimum absolute atomic E-state index is 0.0594. The quantitative estimate of drug-likeness (QED) is 0.516. The van der Waals surface area contributed by atoms with Crippen molar-refractivity contribution in [3.05, 3.63) is 59.1 Å². The standard InChI is InChI=1S/C22H24ClNO4S/c1-3-4-8-22(25)28-24-20-7-5-6-16(13-14-29(2,26)27)19(20)15-21(24)17-9-11-18(23)12-10-17/h5-7,9-12,15H,3-4,8,13-14H2,1-2H3. The van der Waals surface area contributed by atoms with Crippen LogP contribution >= 0.6 is 11.6 Å². The van der Waals surface area contributed by atoms with E-state index in [1.807, 2.05) is 43.3 Å². The van der Waals surface area contributed by atoms with Gasteiger partial charge in [-0.25, -0.2) is 13.2 Å². The Morgan fingerprint density at radius 3 is 2.52 bits per heavy atom. The van der Waals surface area contributed by atoms with Gasteiger partial charge in [-0.05, 0) is 42.7 Å². The fraction of sp³-hybridized carbons (Fsp3) is 0.318. The molecule has 3 rings (SSSR count). The summed E-state index contributed by atoms with van der Waals surface area (Å²) in [7, 11) is -3.09. The molecule has 0 aliphatic carbocycles. The van der Waals surface area contributed by atoms with Crippen LogP contribution in [0.5, 0.6) is 0 Å². The van der Waals surface area contributed by atoms with Crippen molar-refractivity contribution in [2.45, 2.75) is 32.6 Å². The number of benzene rings is 2. The van der Waals surface area contributed by atoms with Crippen LogP contribution < -0.4 is 4.84 Å². The molecule has 5 nitrogen and oxygen atoms in total. The van der Waals surface area contributed by atoms with E-state index in [9.17, 15) is 13.2 Å². The highest BCUT2D eigenvalue weighted by molar-refractivity contribution is 7.90. The number of halogens is 1. The van der Waals surface area contributed by atoms with Gasteiger partial charge in [0.1, 0.15) is 9.84 Å². The van der Waals surface area contributed by atoms with Gasteiger partial charge in [0.25, 0.3) is 0 Å². The second-order valence-corrected chi connectivity index (χ2v) is 9.82. The Kier molecular flexibility index (Phi) is 6.65. The highest BCUT2D eigenvalue weighted by Gasteiger charge is 2.17. The zero-order valence-corrected chi connectivity index (χ0v) is 18.1. The number of rotatable bonds is 8. The molecule has 0 spiro atoms. The molecule has 0 N–H and O–H groups in total. The first-order valence-corrected chi connectivity index (χ1v) is 12.0. The summed E-state index contributed by atoms with van der Waals surface area (Å²) < 4.78 is 24.8. The zero-order valence-electron chi connectivity index (χ0n) is 16.5. The molecule has 0 unspecified atom stereocenters. The van der Waals surface area contributed by atoms with Crippen molar-refractivity contribution in [3.8, 4) is 11.3 Å². The number of nitrogens with zero attached hydrogens (tertiary/aromatic N) is 1. The van der Waals surface area contributed by atoms with Gasteiger partial charge in [0, 0.05) is 28.6 Å². The molecule has 0 aliphatic heterocycles. The summed E-state index contributed by atoms with van der Waals surface area (Å²) >= 11 is 6.02. The van der Waals surface area contributed by atoms with E-state index in [4.69, 9.17) is 16.4 Å². The molecule has 0 amide bonds. The number of aryl methyl sites for hydroxylation is 1. The summed E-state index contributed by atoms with van der Waals surface area (Å²) in [4.78, 5) is 18.1. The molecule has 2 aromatic carbocycles. The summed E-state index contributed by atoms with van der Waals surface area (Å²) in [6.45, 7) is 2.02. The minimum atomic E-state index is -3.09. The first kappa shape index (κ1) is 21.4. The SMILES string of the molecule is CCCCC(=O)On1c(-c2ccc(Cl)cc2)cc2c(CCS(C)(=O)=O)cccc21. The third-order valence-electron chi connectivity index (χ3n) is 4.70.